The quantitative estimate of drug-likeness (QED) is 0.926. The maximum absolute atomic E-state index is 3.45. The van der Waals surface area contributed by atoms with Gasteiger partial charge in [0.1, 0.15) is 0 Å². The van der Waals surface area contributed by atoms with E-state index in [0.717, 1.165) is 6.54 Å². The standard InChI is InChI=1S/C21H26N2/c1-17-13-19(18-5-3-2-4-6-18)7-8-20(17)14-23-11-9-21(10-12-23)15-22-16-21/h2-8,13,22H,9-12,14-16H2,1H3. The molecule has 2 aromatic rings. The fourth-order valence-corrected chi connectivity index (χ4v) is 3.94. The summed E-state index contributed by atoms with van der Waals surface area (Å²) in [7, 11) is 0. The van der Waals surface area contributed by atoms with Crippen molar-refractivity contribution in [3.63, 3.8) is 0 Å². The molecule has 1 spiro atoms. The molecule has 2 heterocycles. The number of benzene rings is 2. The molecule has 2 nitrogen and oxygen atoms in total. The second-order valence-electron chi connectivity index (χ2n) is 7.39. The summed E-state index contributed by atoms with van der Waals surface area (Å²) in [5.74, 6) is 0. The van der Waals surface area contributed by atoms with Gasteiger partial charge >= 0.3 is 0 Å². The second kappa shape index (κ2) is 6.10. The molecule has 0 unspecified atom stereocenters. The van der Waals surface area contributed by atoms with Crippen molar-refractivity contribution in [2.24, 2.45) is 5.41 Å². The Kier molecular flexibility index (Phi) is 3.96. The van der Waals surface area contributed by atoms with E-state index < -0.39 is 0 Å². The molecular formula is C21H26N2. The molecule has 0 aromatic heterocycles. The summed E-state index contributed by atoms with van der Waals surface area (Å²) in [6.07, 6.45) is 2.72. The molecule has 23 heavy (non-hydrogen) atoms. The zero-order valence-corrected chi connectivity index (χ0v) is 14.0. The summed E-state index contributed by atoms with van der Waals surface area (Å²) in [6.45, 7) is 8.34. The van der Waals surface area contributed by atoms with E-state index in [1.54, 1.807) is 0 Å². The first-order valence-electron chi connectivity index (χ1n) is 8.82. The Morgan fingerprint density at radius 1 is 0.957 bits per heavy atom. The van der Waals surface area contributed by atoms with Gasteiger partial charge in [0.15, 0.2) is 0 Å². The topological polar surface area (TPSA) is 15.3 Å². The predicted octanol–water partition coefficient (Wildman–Crippen LogP) is 3.85. The molecule has 0 aliphatic carbocycles. The number of piperidine rings is 1. The van der Waals surface area contributed by atoms with E-state index in [4.69, 9.17) is 0 Å². The molecule has 0 atom stereocenters. The average molecular weight is 306 g/mol. The largest absolute Gasteiger partial charge is 0.316 e. The van der Waals surface area contributed by atoms with E-state index >= 15 is 0 Å². The molecule has 2 fully saturated rings. The van der Waals surface area contributed by atoms with E-state index in [1.165, 1.54) is 61.3 Å². The van der Waals surface area contributed by atoms with Gasteiger partial charge in [-0.1, -0.05) is 48.5 Å². The Labute approximate surface area is 139 Å². The van der Waals surface area contributed by atoms with Crippen molar-refractivity contribution in [3.8, 4) is 11.1 Å². The Morgan fingerprint density at radius 2 is 1.70 bits per heavy atom. The van der Waals surface area contributed by atoms with Crippen LogP contribution >= 0.6 is 0 Å². The van der Waals surface area contributed by atoms with Gasteiger partial charge in [-0.25, -0.2) is 0 Å². The molecule has 2 saturated heterocycles. The molecule has 0 saturated carbocycles. The van der Waals surface area contributed by atoms with Gasteiger partial charge in [-0.05, 0) is 60.5 Å². The van der Waals surface area contributed by atoms with Crippen LogP contribution in [0.2, 0.25) is 0 Å². The van der Waals surface area contributed by atoms with E-state index in [2.05, 4.69) is 65.7 Å². The lowest BCUT2D eigenvalue weighted by atomic mass is 9.73. The third kappa shape index (κ3) is 3.06. The molecule has 2 aliphatic heterocycles. The van der Waals surface area contributed by atoms with Gasteiger partial charge in [-0.15, -0.1) is 0 Å². The first kappa shape index (κ1) is 14.9. The monoisotopic (exact) mass is 306 g/mol. The summed E-state index contributed by atoms with van der Waals surface area (Å²) in [6, 6.07) is 17.6. The summed E-state index contributed by atoms with van der Waals surface area (Å²) >= 11 is 0. The summed E-state index contributed by atoms with van der Waals surface area (Å²) in [5, 5.41) is 3.45. The van der Waals surface area contributed by atoms with Gasteiger partial charge in [-0.2, -0.15) is 0 Å². The lowest BCUT2D eigenvalue weighted by Crippen LogP contribution is -2.58. The number of nitrogens with zero attached hydrogens (tertiary/aromatic N) is 1. The fraction of sp³-hybridized carbons (Fsp3) is 0.429. The second-order valence-corrected chi connectivity index (χ2v) is 7.39. The maximum Gasteiger partial charge on any atom is 0.0236 e. The minimum atomic E-state index is 0.642. The smallest absolute Gasteiger partial charge is 0.0236 e. The Morgan fingerprint density at radius 3 is 2.30 bits per heavy atom. The maximum atomic E-state index is 3.45. The van der Waals surface area contributed by atoms with Gasteiger partial charge in [-0.3, -0.25) is 4.90 Å². The number of hydrogen-bond acceptors (Lipinski definition) is 2. The van der Waals surface area contributed by atoms with Crippen molar-refractivity contribution in [2.75, 3.05) is 26.2 Å². The van der Waals surface area contributed by atoms with E-state index in [-0.39, 0.29) is 0 Å². The number of aryl methyl sites for hydroxylation is 1. The molecule has 2 heteroatoms. The zero-order chi connectivity index (χ0) is 15.7. The molecule has 0 radical (unpaired) electrons. The van der Waals surface area contributed by atoms with E-state index in [1.807, 2.05) is 0 Å². The van der Waals surface area contributed by atoms with Crippen LogP contribution in [0.4, 0.5) is 0 Å². The number of hydrogen-bond donors (Lipinski definition) is 1. The van der Waals surface area contributed by atoms with Gasteiger partial charge < -0.3 is 5.32 Å². The van der Waals surface area contributed by atoms with E-state index in [9.17, 15) is 0 Å². The zero-order valence-electron chi connectivity index (χ0n) is 14.0. The molecule has 1 N–H and O–H groups in total. The van der Waals surface area contributed by atoms with Crippen molar-refractivity contribution in [2.45, 2.75) is 26.3 Å². The lowest BCUT2D eigenvalue weighted by molar-refractivity contribution is 0.0519. The average Bonchev–Trinajstić information content (AvgIpc) is 2.57. The van der Waals surface area contributed by atoms with E-state index in [0.29, 0.717) is 5.41 Å². The first-order chi connectivity index (χ1) is 11.2. The van der Waals surface area contributed by atoms with Crippen LogP contribution in [0.3, 0.4) is 0 Å². The van der Waals surface area contributed by atoms with Crippen LogP contribution in [0, 0.1) is 12.3 Å². The lowest BCUT2D eigenvalue weighted by Gasteiger charge is -2.48. The van der Waals surface area contributed by atoms with Crippen LogP contribution in [-0.4, -0.2) is 31.1 Å². The van der Waals surface area contributed by atoms with Gasteiger partial charge in [0.2, 0.25) is 0 Å². The highest BCUT2D eigenvalue weighted by molar-refractivity contribution is 5.64. The summed E-state index contributed by atoms with van der Waals surface area (Å²) < 4.78 is 0. The van der Waals surface area contributed by atoms with Gasteiger partial charge in [0, 0.05) is 19.6 Å². The van der Waals surface area contributed by atoms with Crippen LogP contribution < -0.4 is 5.32 Å². The molecule has 0 bridgehead atoms. The predicted molar refractivity (Wildman–Crippen MR) is 96.4 cm³/mol. The van der Waals surface area contributed by atoms with Crippen LogP contribution in [0.1, 0.15) is 24.0 Å². The summed E-state index contributed by atoms with van der Waals surface area (Å²) in [4.78, 5) is 2.63. The highest BCUT2D eigenvalue weighted by Crippen LogP contribution is 2.35. The van der Waals surface area contributed by atoms with Crippen LogP contribution in [0.15, 0.2) is 48.5 Å². The van der Waals surface area contributed by atoms with Crippen molar-refractivity contribution in [1.29, 1.82) is 0 Å². The van der Waals surface area contributed by atoms with Crippen LogP contribution in [-0.2, 0) is 6.54 Å². The van der Waals surface area contributed by atoms with Crippen molar-refractivity contribution in [3.05, 3.63) is 59.7 Å². The SMILES string of the molecule is Cc1cc(-c2ccccc2)ccc1CN1CCC2(CC1)CNC2. The van der Waals surface area contributed by atoms with Gasteiger partial charge in [0.05, 0.1) is 0 Å². The molecule has 4 rings (SSSR count). The van der Waals surface area contributed by atoms with Gasteiger partial charge in [0.25, 0.3) is 0 Å². The number of nitrogens with one attached hydrogen (secondary N) is 1. The van der Waals surface area contributed by atoms with Crippen LogP contribution in [0.25, 0.3) is 11.1 Å². The molecule has 0 amide bonds. The van der Waals surface area contributed by atoms with Crippen molar-refractivity contribution in [1.82, 2.24) is 10.2 Å². The molecule has 2 aromatic carbocycles. The highest BCUT2D eigenvalue weighted by atomic mass is 15.1. The Hall–Kier alpha value is -1.64. The minimum absolute atomic E-state index is 0.642. The highest BCUT2D eigenvalue weighted by Gasteiger charge is 2.39. The first-order valence-corrected chi connectivity index (χ1v) is 8.82. The third-order valence-electron chi connectivity index (χ3n) is 5.76. The Balaban J connectivity index is 1.43. The Bertz CT molecular complexity index is 663. The number of rotatable bonds is 3. The van der Waals surface area contributed by atoms with Crippen molar-refractivity contribution < 1.29 is 0 Å². The fourth-order valence-electron chi connectivity index (χ4n) is 3.94. The molecule has 120 valence electrons. The summed E-state index contributed by atoms with van der Waals surface area (Å²) in [5.41, 5.74) is 6.16. The third-order valence-corrected chi connectivity index (χ3v) is 5.76. The van der Waals surface area contributed by atoms with Crippen LogP contribution in [0.5, 0.6) is 0 Å². The number of likely N-dealkylation sites (tertiary alicyclic amines) is 1. The molecule has 2 aliphatic rings. The van der Waals surface area contributed by atoms with Crippen molar-refractivity contribution >= 4 is 0 Å². The minimum Gasteiger partial charge on any atom is -0.316 e. The normalized spacial score (nSPS) is 20.4. The molecular weight excluding hydrogens is 280 g/mol.